The molecule has 1 amide bonds. The molecule has 0 saturated carbocycles. The maximum atomic E-state index is 13.9. The Morgan fingerprint density at radius 1 is 1.12 bits per heavy atom. The zero-order chi connectivity index (χ0) is 24.2. The highest BCUT2D eigenvalue weighted by atomic mass is 32.2. The molecule has 1 N–H and O–H groups in total. The Kier molecular flexibility index (Phi) is 7.34. The van der Waals surface area contributed by atoms with Gasteiger partial charge in [-0.2, -0.15) is 0 Å². The first-order valence-corrected chi connectivity index (χ1v) is 12.3. The summed E-state index contributed by atoms with van der Waals surface area (Å²) in [5.41, 5.74) is 0.185. The molecule has 33 heavy (non-hydrogen) atoms. The Morgan fingerprint density at radius 3 is 2.39 bits per heavy atom. The smallest absolute Gasteiger partial charge is 0.274 e. The van der Waals surface area contributed by atoms with Crippen LogP contribution >= 0.6 is 11.8 Å². The average Bonchev–Trinajstić information content (AvgIpc) is 2.78. The van der Waals surface area contributed by atoms with Gasteiger partial charge in [-0.25, -0.2) is 12.8 Å². The average molecular weight is 490 g/mol. The molecule has 0 aromatic heterocycles. The maximum Gasteiger partial charge on any atom is 0.274 e. The summed E-state index contributed by atoms with van der Waals surface area (Å²) in [6.45, 7) is 0.806. The maximum absolute atomic E-state index is 13.9. The summed E-state index contributed by atoms with van der Waals surface area (Å²) in [6, 6.07) is 15.2. The number of nitrogens with one attached hydrogen (secondary N) is 1. The van der Waals surface area contributed by atoms with Crippen molar-refractivity contribution in [3.63, 3.8) is 0 Å². The van der Waals surface area contributed by atoms with E-state index in [0.717, 1.165) is 21.3 Å². The summed E-state index contributed by atoms with van der Waals surface area (Å²) in [7, 11) is -4.23. The van der Waals surface area contributed by atoms with E-state index >= 15 is 0 Å². The van der Waals surface area contributed by atoms with Gasteiger partial charge in [0.25, 0.3) is 15.7 Å². The number of rotatable bonds is 8. The summed E-state index contributed by atoms with van der Waals surface area (Å²) >= 11 is 1.44. The molecule has 0 aliphatic heterocycles. The molecule has 172 valence electrons. The van der Waals surface area contributed by atoms with Crippen molar-refractivity contribution in [3.8, 4) is 0 Å². The van der Waals surface area contributed by atoms with Crippen molar-refractivity contribution in [1.29, 1.82) is 0 Å². The number of hydrogen-bond donors (Lipinski definition) is 1. The van der Waals surface area contributed by atoms with Crippen molar-refractivity contribution < 1.29 is 22.5 Å². The molecule has 11 heteroatoms. The van der Waals surface area contributed by atoms with Crippen LogP contribution in [0.25, 0.3) is 0 Å². The third-order valence-electron chi connectivity index (χ3n) is 4.81. The van der Waals surface area contributed by atoms with Gasteiger partial charge >= 0.3 is 0 Å². The number of benzene rings is 3. The monoisotopic (exact) mass is 489 g/mol. The number of amides is 1. The number of thioether (sulfide) groups is 1. The minimum absolute atomic E-state index is 0.0325. The lowest BCUT2D eigenvalue weighted by atomic mass is 10.1. The summed E-state index contributed by atoms with van der Waals surface area (Å²) in [6.07, 6.45) is 1.85. The summed E-state index contributed by atoms with van der Waals surface area (Å²) < 4.78 is 41.4. The lowest BCUT2D eigenvalue weighted by Gasteiger charge is -2.24. The Hall–Kier alpha value is -3.44. The summed E-state index contributed by atoms with van der Waals surface area (Å²) in [4.78, 5) is 24.2. The number of carbonyl (C=O) groups excluding carboxylic acids is 1. The molecule has 3 aromatic carbocycles. The van der Waals surface area contributed by atoms with E-state index in [-0.39, 0.29) is 27.5 Å². The second kappa shape index (κ2) is 10.0. The fourth-order valence-electron chi connectivity index (χ4n) is 3.10. The second-order valence-electron chi connectivity index (χ2n) is 6.92. The molecular weight excluding hydrogens is 469 g/mol. The van der Waals surface area contributed by atoms with Crippen LogP contribution < -0.4 is 9.62 Å². The third kappa shape index (κ3) is 5.49. The molecular formula is C22H20FN3O5S2. The van der Waals surface area contributed by atoms with Gasteiger partial charge in [0.15, 0.2) is 0 Å². The number of nitro groups is 1. The number of sulfonamides is 1. The third-order valence-corrected chi connectivity index (χ3v) is 7.34. The molecule has 3 aromatic rings. The molecule has 0 bridgehead atoms. The van der Waals surface area contributed by atoms with Gasteiger partial charge in [-0.05, 0) is 61.7 Å². The molecule has 0 radical (unpaired) electrons. The van der Waals surface area contributed by atoms with Gasteiger partial charge in [-0.1, -0.05) is 12.1 Å². The van der Waals surface area contributed by atoms with Crippen molar-refractivity contribution in [2.45, 2.75) is 16.7 Å². The summed E-state index contributed by atoms with van der Waals surface area (Å²) in [5, 5.41) is 13.7. The molecule has 0 heterocycles. The molecule has 3 rings (SSSR count). The van der Waals surface area contributed by atoms with E-state index in [2.05, 4.69) is 5.32 Å². The lowest BCUT2D eigenvalue weighted by Crippen LogP contribution is -2.38. The van der Waals surface area contributed by atoms with E-state index in [4.69, 9.17) is 0 Å². The first-order chi connectivity index (χ1) is 15.6. The van der Waals surface area contributed by atoms with Crippen LogP contribution in [0.4, 0.5) is 21.5 Å². The molecule has 0 spiro atoms. The Balaban J connectivity index is 1.96. The van der Waals surface area contributed by atoms with Crippen molar-refractivity contribution in [2.75, 3.05) is 22.4 Å². The van der Waals surface area contributed by atoms with Crippen LogP contribution in [-0.2, 0) is 14.8 Å². The molecule has 0 saturated heterocycles. The Bertz CT molecular complexity index is 1300. The van der Waals surface area contributed by atoms with Crippen LogP contribution in [0.2, 0.25) is 0 Å². The number of anilines is 2. The zero-order valence-corrected chi connectivity index (χ0v) is 19.3. The van der Waals surface area contributed by atoms with E-state index in [1.165, 1.54) is 61.2 Å². The Labute approximate surface area is 194 Å². The van der Waals surface area contributed by atoms with E-state index in [1.807, 2.05) is 6.26 Å². The standard InChI is InChI=1S/C22H20FN3O5S2/c1-15-20(7-4-8-21(15)26(28)29)24-22(27)14-25(17-6-3-5-16(23)13-17)33(30,31)19-11-9-18(32-2)10-12-19/h3-13H,14H2,1-2H3,(H,24,27). The van der Waals surface area contributed by atoms with Crippen molar-refractivity contribution in [3.05, 3.63) is 88.2 Å². The molecule has 0 aliphatic rings. The van der Waals surface area contributed by atoms with Crippen LogP contribution in [0.1, 0.15) is 5.56 Å². The predicted octanol–water partition coefficient (Wildman–Crippen LogP) is 4.60. The van der Waals surface area contributed by atoms with Crippen LogP contribution in [0, 0.1) is 22.9 Å². The number of halogens is 1. The van der Waals surface area contributed by atoms with Gasteiger partial charge in [0.1, 0.15) is 12.4 Å². The van der Waals surface area contributed by atoms with Gasteiger partial charge in [-0.3, -0.25) is 19.2 Å². The fraction of sp³-hybridized carbons (Fsp3) is 0.136. The molecule has 0 atom stereocenters. The van der Waals surface area contributed by atoms with Crippen LogP contribution in [0.15, 0.2) is 76.5 Å². The van der Waals surface area contributed by atoms with E-state index in [0.29, 0.717) is 0 Å². The van der Waals surface area contributed by atoms with E-state index in [1.54, 1.807) is 12.1 Å². The Morgan fingerprint density at radius 2 is 1.79 bits per heavy atom. The first-order valence-electron chi connectivity index (χ1n) is 9.59. The van der Waals surface area contributed by atoms with Gasteiger partial charge < -0.3 is 5.32 Å². The zero-order valence-electron chi connectivity index (χ0n) is 17.7. The molecule has 0 fully saturated rings. The minimum atomic E-state index is -4.23. The highest BCUT2D eigenvalue weighted by molar-refractivity contribution is 7.98. The van der Waals surface area contributed by atoms with Crippen LogP contribution in [0.5, 0.6) is 0 Å². The normalized spacial score (nSPS) is 11.1. The second-order valence-corrected chi connectivity index (χ2v) is 9.66. The van der Waals surface area contributed by atoms with Crippen LogP contribution in [0.3, 0.4) is 0 Å². The minimum Gasteiger partial charge on any atom is -0.324 e. The fourth-order valence-corrected chi connectivity index (χ4v) is 4.92. The van der Waals surface area contributed by atoms with Gasteiger partial charge in [-0.15, -0.1) is 11.8 Å². The van der Waals surface area contributed by atoms with Crippen molar-refractivity contribution >= 4 is 44.8 Å². The first kappa shape index (κ1) is 24.2. The number of hydrogen-bond acceptors (Lipinski definition) is 6. The quantitative estimate of drug-likeness (QED) is 0.281. The molecule has 8 nitrogen and oxygen atoms in total. The summed E-state index contributed by atoms with van der Waals surface area (Å²) in [5.74, 6) is -1.41. The number of nitrogens with zero attached hydrogens (tertiary/aromatic N) is 2. The molecule has 0 unspecified atom stereocenters. The van der Waals surface area contributed by atoms with Crippen molar-refractivity contribution in [2.24, 2.45) is 0 Å². The largest absolute Gasteiger partial charge is 0.324 e. The number of carbonyl (C=O) groups is 1. The highest BCUT2D eigenvalue weighted by Crippen LogP contribution is 2.28. The van der Waals surface area contributed by atoms with Crippen LogP contribution in [-0.4, -0.2) is 32.0 Å². The van der Waals surface area contributed by atoms with E-state index < -0.39 is 33.2 Å². The lowest BCUT2D eigenvalue weighted by molar-refractivity contribution is -0.385. The van der Waals surface area contributed by atoms with Gasteiger partial charge in [0, 0.05) is 11.0 Å². The van der Waals surface area contributed by atoms with Crippen molar-refractivity contribution in [1.82, 2.24) is 0 Å². The highest BCUT2D eigenvalue weighted by Gasteiger charge is 2.28. The topological polar surface area (TPSA) is 110 Å². The molecule has 0 aliphatic carbocycles. The number of nitro benzene ring substituents is 1. The van der Waals surface area contributed by atoms with E-state index in [9.17, 15) is 27.7 Å². The van der Waals surface area contributed by atoms with Gasteiger partial charge in [0.2, 0.25) is 5.91 Å². The SMILES string of the molecule is CSc1ccc(S(=O)(=O)N(CC(=O)Nc2cccc([N+](=O)[O-])c2C)c2cccc(F)c2)cc1. The van der Waals surface area contributed by atoms with Gasteiger partial charge in [0.05, 0.1) is 26.8 Å². The predicted molar refractivity (Wildman–Crippen MR) is 126 cm³/mol.